The number of halogens is 2. The smallest absolute Gasteiger partial charge is 0.272 e. The largest absolute Gasteiger partial charge is 0.361 e. The molecule has 132 valence electrons. The first-order valence-corrected chi connectivity index (χ1v) is 8.40. The number of nitrogens with one attached hydrogen (secondary N) is 4. The van der Waals surface area contributed by atoms with E-state index in [9.17, 15) is 4.79 Å². The number of rotatable bonds is 4. The topological polar surface area (TPSA) is 85.6 Å². The summed E-state index contributed by atoms with van der Waals surface area (Å²) in [4.78, 5) is 15.6. The fourth-order valence-electron chi connectivity index (χ4n) is 3.16. The van der Waals surface area contributed by atoms with Crippen LogP contribution < -0.4 is 10.6 Å². The second-order valence-electron chi connectivity index (χ2n) is 5.97. The van der Waals surface area contributed by atoms with Gasteiger partial charge in [0.05, 0.1) is 0 Å². The van der Waals surface area contributed by atoms with Crippen LogP contribution in [0, 0.1) is 0 Å². The van der Waals surface area contributed by atoms with E-state index in [1.807, 2.05) is 24.4 Å². The maximum absolute atomic E-state index is 12.4. The van der Waals surface area contributed by atoms with E-state index in [0.29, 0.717) is 23.8 Å². The Hall–Kier alpha value is -2.02. The molecule has 4 N–H and O–H groups in total. The van der Waals surface area contributed by atoms with Gasteiger partial charge in [0.2, 0.25) is 0 Å². The van der Waals surface area contributed by atoms with Gasteiger partial charge in [-0.1, -0.05) is 11.6 Å². The lowest BCUT2D eigenvalue weighted by molar-refractivity contribution is 0.0948. The summed E-state index contributed by atoms with van der Waals surface area (Å²) in [6, 6.07) is 5.77. The molecule has 6 nitrogen and oxygen atoms in total. The van der Waals surface area contributed by atoms with Gasteiger partial charge in [0.15, 0.2) is 5.69 Å². The van der Waals surface area contributed by atoms with Crippen molar-refractivity contribution in [3.63, 3.8) is 0 Å². The Bertz CT molecular complexity index is 902. The Kier molecular flexibility index (Phi) is 5.32. The summed E-state index contributed by atoms with van der Waals surface area (Å²) in [6.07, 6.45) is 3.58. The number of carbonyl (C=O) groups is 1. The van der Waals surface area contributed by atoms with Gasteiger partial charge in [-0.2, -0.15) is 5.10 Å². The lowest BCUT2D eigenvalue weighted by Crippen LogP contribution is -2.29. The third-order valence-corrected chi connectivity index (χ3v) is 4.67. The van der Waals surface area contributed by atoms with Crippen LogP contribution >= 0.6 is 24.0 Å². The number of nitrogens with zero attached hydrogens (tertiary/aromatic N) is 1. The predicted molar refractivity (Wildman–Crippen MR) is 101 cm³/mol. The highest BCUT2D eigenvalue weighted by atomic mass is 35.5. The zero-order chi connectivity index (χ0) is 16.5. The maximum atomic E-state index is 12.4. The van der Waals surface area contributed by atoms with Gasteiger partial charge >= 0.3 is 0 Å². The van der Waals surface area contributed by atoms with E-state index in [1.165, 1.54) is 0 Å². The highest BCUT2D eigenvalue weighted by Gasteiger charge is 2.21. The Morgan fingerprint density at radius 3 is 3.12 bits per heavy atom. The molecule has 0 saturated carbocycles. The van der Waals surface area contributed by atoms with Crippen molar-refractivity contribution in [3.8, 4) is 0 Å². The van der Waals surface area contributed by atoms with Crippen molar-refractivity contribution in [3.05, 3.63) is 51.9 Å². The third kappa shape index (κ3) is 3.51. The highest BCUT2D eigenvalue weighted by molar-refractivity contribution is 6.31. The fourth-order valence-corrected chi connectivity index (χ4v) is 3.34. The molecular weight excluding hydrogens is 361 g/mol. The van der Waals surface area contributed by atoms with Crippen LogP contribution in [-0.4, -0.2) is 34.2 Å². The summed E-state index contributed by atoms with van der Waals surface area (Å²) in [7, 11) is 0. The van der Waals surface area contributed by atoms with E-state index in [0.717, 1.165) is 47.1 Å². The van der Waals surface area contributed by atoms with E-state index >= 15 is 0 Å². The molecule has 0 atom stereocenters. The molecule has 0 aliphatic carbocycles. The van der Waals surface area contributed by atoms with Gasteiger partial charge < -0.3 is 15.6 Å². The molecule has 0 fully saturated rings. The van der Waals surface area contributed by atoms with E-state index in [4.69, 9.17) is 11.6 Å². The van der Waals surface area contributed by atoms with Gasteiger partial charge in [-0.3, -0.25) is 9.89 Å². The van der Waals surface area contributed by atoms with Gasteiger partial charge in [0.25, 0.3) is 5.91 Å². The summed E-state index contributed by atoms with van der Waals surface area (Å²) in [5, 5.41) is 15.2. The highest BCUT2D eigenvalue weighted by Crippen LogP contribution is 2.22. The molecule has 1 amide bonds. The molecule has 0 radical (unpaired) electrons. The number of hydrogen-bond donors (Lipinski definition) is 4. The molecule has 1 aromatic carbocycles. The van der Waals surface area contributed by atoms with Crippen molar-refractivity contribution in [2.75, 3.05) is 13.1 Å². The average Bonchev–Trinajstić information content (AvgIpc) is 3.19. The van der Waals surface area contributed by atoms with Crippen molar-refractivity contribution >= 4 is 40.8 Å². The molecule has 8 heteroatoms. The monoisotopic (exact) mass is 379 g/mol. The Labute approximate surface area is 156 Å². The molecular formula is C17H19Cl2N5O. The van der Waals surface area contributed by atoms with Crippen LogP contribution in [-0.2, 0) is 19.4 Å². The molecule has 0 bridgehead atoms. The quantitative estimate of drug-likeness (QED) is 0.561. The molecule has 25 heavy (non-hydrogen) atoms. The first-order valence-electron chi connectivity index (χ1n) is 8.03. The number of fused-ring (bicyclic) bond motifs is 2. The number of benzene rings is 1. The summed E-state index contributed by atoms with van der Waals surface area (Å²) in [5.74, 6) is -0.130. The second-order valence-corrected chi connectivity index (χ2v) is 6.40. The predicted octanol–water partition coefficient (Wildman–Crippen LogP) is 2.58. The van der Waals surface area contributed by atoms with Crippen LogP contribution in [0.4, 0.5) is 0 Å². The Morgan fingerprint density at radius 1 is 1.36 bits per heavy atom. The van der Waals surface area contributed by atoms with Gasteiger partial charge in [0.1, 0.15) is 0 Å². The van der Waals surface area contributed by atoms with Gasteiger partial charge in [-0.25, -0.2) is 0 Å². The van der Waals surface area contributed by atoms with E-state index in [-0.39, 0.29) is 18.3 Å². The van der Waals surface area contributed by atoms with Crippen LogP contribution in [0.2, 0.25) is 5.02 Å². The van der Waals surface area contributed by atoms with Crippen molar-refractivity contribution in [1.29, 1.82) is 0 Å². The van der Waals surface area contributed by atoms with Crippen molar-refractivity contribution in [2.24, 2.45) is 0 Å². The summed E-state index contributed by atoms with van der Waals surface area (Å²) >= 11 is 6.07. The molecule has 2 aromatic heterocycles. The van der Waals surface area contributed by atoms with E-state index in [1.54, 1.807) is 0 Å². The van der Waals surface area contributed by atoms with Gasteiger partial charge in [-0.05, 0) is 30.2 Å². The van der Waals surface area contributed by atoms with Crippen LogP contribution in [0.25, 0.3) is 10.9 Å². The number of aromatic amines is 2. The molecule has 1 aliphatic heterocycles. The summed E-state index contributed by atoms with van der Waals surface area (Å²) in [5.41, 5.74) is 4.73. The number of amides is 1. The van der Waals surface area contributed by atoms with Crippen molar-refractivity contribution in [1.82, 2.24) is 25.8 Å². The number of H-pyrrole nitrogens is 2. The normalized spacial score (nSPS) is 13.3. The van der Waals surface area contributed by atoms with Crippen molar-refractivity contribution < 1.29 is 4.79 Å². The Balaban J connectivity index is 0.00000182. The number of aromatic nitrogens is 3. The van der Waals surface area contributed by atoms with Crippen LogP contribution in [0.15, 0.2) is 24.4 Å². The fraction of sp³-hybridized carbons (Fsp3) is 0.294. The maximum Gasteiger partial charge on any atom is 0.272 e. The Morgan fingerprint density at radius 2 is 2.24 bits per heavy atom. The zero-order valence-electron chi connectivity index (χ0n) is 13.5. The standard InChI is InChI=1S/C17H18ClN5O.ClH/c18-11-1-2-14-12(7-11)10(8-21-14)3-6-20-17(24)16-13-9-19-5-4-15(13)22-23-16;/h1-2,7-8,19,21H,3-6,9H2,(H,20,24)(H,22,23);1H. The minimum atomic E-state index is -0.130. The number of carbonyl (C=O) groups excluding carboxylic acids is 1. The first kappa shape index (κ1) is 17.8. The van der Waals surface area contributed by atoms with Crippen LogP contribution in [0.3, 0.4) is 0 Å². The summed E-state index contributed by atoms with van der Waals surface area (Å²) < 4.78 is 0. The van der Waals surface area contributed by atoms with E-state index in [2.05, 4.69) is 25.8 Å². The van der Waals surface area contributed by atoms with Gasteiger partial charge in [0, 0.05) is 59.4 Å². The average molecular weight is 380 g/mol. The molecule has 4 rings (SSSR count). The molecule has 0 unspecified atom stereocenters. The minimum absolute atomic E-state index is 0. The minimum Gasteiger partial charge on any atom is -0.361 e. The molecule has 0 spiro atoms. The SMILES string of the molecule is Cl.O=C(NCCc1c[nH]c2ccc(Cl)cc12)c1n[nH]c2c1CNCC2. The lowest BCUT2D eigenvalue weighted by atomic mass is 10.1. The zero-order valence-corrected chi connectivity index (χ0v) is 15.1. The second kappa shape index (κ2) is 7.47. The molecule has 3 aromatic rings. The number of hydrogen-bond acceptors (Lipinski definition) is 3. The van der Waals surface area contributed by atoms with Crippen molar-refractivity contribution in [2.45, 2.75) is 19.4 Å². The van der Waals surface area contributed by atoms with E-state index < -0.39 is 0 Å². The molecule has 3 heterocycles. The third-order valence-electron chi connectivity index (χ3n) is 4.43. The first-order chi connectivity index (χ1) is 11.7. The lowest BCUT2D eigenvalue weighted by Gasteiger charge is -2.12. The molecule has 1 aliphatic rings. The van der Waals surface area contributed by atoms with Crippen LogP contribution in [0.5, 0.6) is 0 Å². The van der Waals surface area contributed by atoms with Crippen LogP contribution in [0.1, 0.15) is 27.3 Å². The summed E-state index contributed by atoms with van der Waals surface area (Å²) in [6.45, 7) is 2.16. The van der Waals surface area contributed by atoms with Gasteiger partial charge in [-0.15, -0.1) is 12.4 Å². The molecule has 0 saturated heterocycles.